The molecule has 0 unspecified atom stereocenters. The smallest absolute Gasteiger partial charge is 0.266 e. The third-order valence-electron chi connectivity index (χ3n) is 3.12. The van der Waals surface area contributed by atoms with Crippen LogP contribution in [0.15, 0.2) is 48.0 Å². The summed E-state index contributed by atoms with van der Waals surface area (Å²) in [5.74, 6) is -0.749. The van der Waals surface area contributed by atoms with Gasteiger partial charge in [0.05, 0.1) is 10.7 Å². The number of hydrogen-bond donors (Lipinski definition) is 2. The van der Waals surface area contributed by atoms with E-state index in [-0.39, 0.29) is 17.2 Å². The highest BCUT2D eigenvalue weighted by atomic mass is 35.5. The summed E-state index contributed by atoms with van der Waals surface area (Å²) in [6.45, 7) is -0.233. The molecule has 8 heteroatoms. The molecule has 0 saturated heterocycles. The molecule has 0 bridgehead atoms. The summed E-state index contributed by atoms with van der Waals surface area (Å²) < 4.78 is 5.14. The van der Waals surface area contributed by atoms with Crippen molar-refractivity contribution in [2.24, 2.45) is 5.73 Å². The average Bonchev–Trinajstić information content (AvgIpc) is 2.61. The van der Waals surface area contributed by atoms with Gasteiger partial charge < -0.3 is 15.8 Å². The molecular formula is C18H13Cl2N3O3. The van der Waals surface area contributed by atoms with Crippen molar-refractivity contribution < 1.29 is 14.3 Å². The monoisotopic (exact) mass is 389 g/mol. The maximum absolute atomic E-state index is 12.3. The molecule has 3 N–H and O–H groups in total. The van der Waals surface area contributed by atoms with Crippen molar-refractivity contribution >= 4 is 46.8 Å². The Morgan fingerprint density at radius 1 is 1.19 bits per heavy atom. The molecule has 2 aromatic rings. The number of ether oxygens (including phenoxy) is 1. The number of amides is 2. The highest BCUT2D eigenvalue weighted by Gasteiger charge is 2.12. The number of rotatable bonds is 6. The predicted octanol–water partition coefficient (Wildman–Crippen LogP) is 3.40. The van der Waals surface area contributed by atoms with E-state index in [9.17, 15) is 14.9 Å². The van der Waals surface area contributed by atoms with Crippen LogP contribution in [0.4, 0.5) is 5.69 Å². The third-order valence-corrected chi connectivity index (χ3v) is 3.66. The summed E-state index contributed by atoms with van der Waals surface area (Å²) in [6.07, 6.45) is 1.41. The second kappa shape index (κ2) is 8.90. The molecule has 26 heavy (non-hydrogen) atoms. The molecule has 0 atom stereocenters. The fraction of sp³-hybridized carbons (Fsp3) is 0.0556. The van der Waals surface area contributed by atoms with Crippen LogP contribution in [0.2, 0.25) is 10.0 Å². The summed E-state index contributed by atoms with van der Waals surface area (Å²) in [5, 5.41) is 12.5. The van der Waals surface area contributed by atoms with Gasteiger partial charge >= 0.3 is 0 Å². The predicted molar refractivity (Wildman–Crippen MR) is 99.8 cm³/mol. The number of benzene rings is 2. The van der Waals surface area contributed by atoms with E-state index in [0.717, 1.165) is 0 Å². The Kier molecular flexibility index (Phi) is 6.61. The Morgan fingerprint density at radius 3 is 2.46 bits per heavy atom. The Morgan fingerprint density at radius 2 is 1.88 bits per heavy atom. The minimum Gasteiger partial charge on any atom is -0.484 e. The largest absolute Gasteiger partial charge is 0.484 e. The van der Waals surface area contributed by atoms with Gasteiger partial charge in [0.1, 0.15) is 17.4 Å². The minimum absolute atomic E-state index is 0.109. The number of nitrogens with zero attached hydrogens (tertiary/aromatic N) is 1. The number of halogens is 2. The van der Waals surface area contributed by atoms with Crippen LogP contribution in [0.3, 0.4) is 0 Å². The van der Waals surface area contributed by atoms with Crippen LogP contribution in [-0.4, -0.2) is 18.4 Å². The summed E-state index contributed by atoms with van der Waals surface area (Å²) >= 11 is 11.8. The Balaban J connectivity index is 2.12. The number of hydrogen-bond acceptors (Lipinski definition) is 4. The Labute approximate surface area is 159 Å². The number of carbonyl (C=O) groups excluding carboxylic acids is 2. The number of carbonyl (C=O) groups is 2. The van der Waals surface area contributed by atoms with Crippen molar-refractivity contribution in [2.75, 3.05) is 11.9 Å². The van der Waals surface area contributed by atoms with E-state index in [1.54, 1.807) is 36.4 Å². The van der Waals surface area contributed by atoms with Gasteiger partial charge in [-0.2, -0.15) is 5.26 Å². The molecular weight excluding hydrogens is 377 g/mol. The topological polar surface area (TPSA) is 105 Å². The van der Waals surface area contributed by atoms with Gasteiger partial charge in [-0.3, -0.25) is 9.59 Å². The van der Waals surface area contributed by atoms with Crippen molar-refractivity contribution in [1.82, 2.24) is 0 Å². The summed E-state index contributed by atoms with van der Waals surface area (Å²) in [7, 11) is 0. The first-order chi connectivity index (χ1) is 12.4. The molecule has 2 amide bonds. The SMILES string of the molecule is N#C/C(=C/c1ccc(OCC(N)=O)cc1)C(=O)Nc1ccc(Cl)cc1Cl. The van der Waals surface area contributed by atoms with Gasteiger partial charge in [-0.05, 0) is 42.0 Å². The summed E-state index contributed by atoms with van der Waals surface area (Å²) in [4.78, 5) is 22.9. The van der Waals surface area contributed by atoms with Crippen molar-refractivity contribution in [3.05, 3.63) is 63.6 Å². The van der Waals surface area contributed by atoms with Crippen LogP contribution < -0.4 is 15.8 Å². The number of anilines is 1. The van der Waals surface area contributed by atoms with E-state index in [4.69, 9.17) is 33.7 Å². The molecule has 0 radical (unpaired) electrons. The Hall–Kier alpha value is -3.01. The fourth-order valence-corrected chi connectivity index (χ4v) is 2.37. The van der Waals surface area contributed by atoms with Gasteiger partial charge in [-0.15, -0.1) is 0 Å². The lowest BCUT2D eigenvalue weighted by Gasteiger charge is -2.07. The molecule has 0 aliphatic rings. The first kappa shape index (κ1) is 19.3. The van der Waals surface area contributed by atoms with E-state index in [2.05, 4.69) is 5.32 Å². The molecule has 0 aliphatic carbocycles. The molecule has 2 aromatic carbocycles. The first-order valence-corrected chi connectivity index (χ1v) is 8.04. The van der Waals surface area contributed by atoms with Crippen LogP contribution >= 0.6 is 23.2 Å². The quantitative estimate of drug-likeness (QED) is 0.583. The van der Waals surface area contributed by atoms with E-state index in [1.165, 1.54) is 12.1 Å². The fourth-order valence-electron chi connectivity index (χ4n) is 1.91. The maximum Gasteiger partial charge on any atom is 0.266 e. The van der Waals surface area contributed by atoms with Crippen molar-refractivity contribution in [3.8, 4) is 11.8 Å². The van der Waals surface area contributed by atoms with Gasteiger partial charge in [0.2, 0.25) is 0 Å². The summed E-state index contributed by atoms with van der Waals surface area (Å²) in [6, 6.07) is 12.9. The lowest BCUT2D eigenvalue weighted by molar-refractivity contribution is -0.120. The van der Waals surface area contributed by atoms with Crippen LogP contribution in [-0.2, 0) is 9.59 Å². The minimum atomic E-state index is -0.606. The van der Waals surface area contributed by atoms with Crippen molar-refractivity contribution in [3.63, 3.8) is 0 Å². The van der Waals surface area contributed by atoms with Gasteiger partial charge in [-0.1, -0.05) is 35.3 Å². The highest BCUT2D eigenvalue weighted by Crippen LogP contribution is 2.26. The second-order valence-corrected chi connectivity index (χ2v) is 5.92. The number of primary amides is 1. The number of nitrogens with one attached hydrogen (secondary N) is 1. The van der Waals surface area contributed by atoms with E-state index >= 15 is 0 Å². The lowest BCUT2D eigenvalue weighted by atomic mass is 10.1. The molecule has 0 fully saturated rings. The van der Waals surface area contributed by atoms with Gasteiger partial charge in [0.25, 0.3) is 11.8 Å². The highest BCUT2D eigenvalue weighted by molar-refractivity contribution is 6.36. The maximum atomic E-state index is 12.3. The van der Waals surface area contributed by atoms with Crippen molar-refractivity contribution in [2.45, 2.75) is 0 Å². The van der Waals surface area contributed by atoms with Crippen LogP contribution in [0.5, 0.6) is 5.75 Å². The number of nitrogens with two attached hydrogens (primary N) is 1. The molecule has 2 rings (SSSR count). The zero-order valence-corrected chi connectivity index (χ0v) is 14.8. The normalized spacial score (nSPS) is 10.7. The van der Waals surface area contributed by atoms with Crippen LogP contribution in [0.25, 0.3) is 6.08 Å². The zero-order chi connectivity index (χ0) is 19.1. The second-order valence-electron chi connectivity index (χ2n) is 5.07. The molecule has 0 aliphatic heterocycles. The average molecular weight is 390 g/mol. The molecule has 6 nitrogen and oxygen atoms in total. The zero-order valence-electron chi connectivity index (χ0n) is 13.3. The van der Waals surface area contributed by atoms with Gasteiger partial charge in [-0.25, -0.2) is 0 Å². The molecule has 0 spiro atoms. The third kappa shape index (κ3) is 5.52. The van der Waals surface area contributed by atoms with E-state index < -0.39 is 11.8 Å². The van der Waals surface area contributed by atoms with Crippen LogP contribution in [0, 0.1) is 11.3 Å². The lowest BCUT2D eigenvalue weighted by Crippen LogP contribution is -2.19. The molecule has 0 saturated carbocycles. The standard InChI is InChI=1S/C18H13Cl2N3O3/c19-13-3-6-16(15(20)8-13)23-18(25)12(9-21)7-11-1-4-14(5-2-11)26-10-17(22)24/h1-8H,10H2,(H2,22,24)(H,23,25)/b12-7-. The number of nitriles is 1. The molecule has 0 heterocycles. The summed E-state index contributed by atoms with van der Waals surface area (Å²) in [5.41, 5.74) is 5.84. The van der Waals surface area contributed by atoms with Gasteiger partial charge in [0.15, 0.2) is 6.61 Å². The van der Waals surface area contributed by atoms with E-state index in [0.29, 0.717) is 22.0 Å². The first-order valence-electron chi connectivity index (χ1n) is 7.28. The van der Waals surface area contributed by atoms with Crippen molar-refractivity contribution in [1.29, 1.82) is 5.26 Å². The molecule has 0 aromatic heterocycles. The molecule has 132 valence electrons. The van der Waals surface area contributed by atoms with Gasteiger partial charge in [0, 0.05) is 5.02 Å². The Bertz CT molecular complexity index is 903. The van der Waals surface area contributed by atoms with E-state index in [1.807, 2.05) is 6.07 Å². The van der Waals surface area contributed by atoms with Crippen LogP contribution in [0.1, 0.15) is 5.56 Å².